The average Bonchev–Trinajstić information content (AvgIpc) is 2.44. The molecule has 0 amide bonds. The van der Waals surface area contributed by atoms with Crippen molar-refractivity contribution in [1.82, 2.24) is 5.32 Å². The van der Waals surface area contributed by atoms with Crippen LogP contribution in [0.2, 0.25) is 0 Å². The summed E-state index contributed by atoms with van der Waals surface area (Å²) in [6, 6.07) is 5.81. The van der Waals surface area contributed by atoms with Crippen LogP contribution in [0.25, 0.3) is 0 Å². The van der Waals surface area contributed by atoms with Crippen LogP contribution in [0, 0.1) is 12.7 Å². The van der Waals surface area contributed by atoms with Crippen LogP contribution >= 0.6 is 0 Å². The molecule has 16 heavy (non-hydrogen) atoms. The molecule has 1 aromatic rings. The predicted molar refractivity (Wildman–Crippen MR) is 65.4 cm³/mol. The molecule has 1 aliphatic heterocycles. The second kappa shape index (κ2) is 4.83. The molecule has 1 fully saturated rings. The normalized spacial score (nSPS) is 21.9. The Hall–Kier alpha value is -1.09. The molecule has 1 aromatic carbocycles. The molecule has 1 N–H and O–H groups in total. The van der Waals surface area contributed by atoms with Gasteiger partial charge < -0.3 is 10.2 Å². The van der Waals surface area contributed by atoms with Crippen molar-refractivity contribution in [3.05, 3.63) is 29.6 Å². The third kappa shape index (κ3) is 2.35. The molecule has 1 unspecified atom stereocenters. The van der Waals surface area contributed by atoms with Crippen molar-refractivity contribution in [2.45, 2.75) is 26.3 Å². The lowest BCUT2D eigenvalue weighted by Gasteiger charge is -2.24. The van der Waals surface area contributed by atoms with Crippen molar-refractivity contribution in [3.63, 3.8) is 0 Å². The van der Waals surface area contributed by atoms with Gasteiger partial charge in [-0.25, -0.2) is 4.39 Å². The van der Waals surface area contributed by atoms with E-state index in [1.807, 2.05) is 13.0 Å². The third-order valence-electron chi connectivity index (χ3n) is 3.21. The number of rotatable bonds is 1. The summed E-state index contributed by atoms with van der Waals surface area (Å²) in [7, 11) is 0. The molecular formula is C13H19FN2. The number of hydrogen-bond acceptors (Lipinski definition) is 2. The van der Waals surface area contributed by atoms with Crippen LogP contribution in [0.3, 0.4) is 0 Å². The van der Waals surface area contributed by atoms with Crippen LogP contribution in [0.1, 0.15) is 18.9 Å². The highest BCUT2D eigenvalue weighted by molar-refractivity contribution is 5.54. The summed E-state index contributed by atoms with van der Waals surface area (Å²) in [5.74, 6) is -0.102. The average molecular weight is 222 g/mol. The van der Waals surface area contributed by atoms with E-state index < -0.39 is 0 Å². The monoisotopic (exact) mass is 222 g/mol. The molecule has 1 heterocycles. The first-order chi connectivity index (χ1) is 7.68. The number of nitrogens with one attached hydrogen (secondary N) is 1. The molecule has 1 aliphatic rings. The molecule has 1 atom stereocenters. The minimum absolute atomic E-state index is 0.102. The van der Waals surface area contributed by atoms with Crippen LogP contribution in [0.5, 0.6) is 0 Å². The molecule has 2 rings (SSSR count). The quantitative estimate of drug-likeness (QED) is 0.784. The summed E-state index contributed by atoms with van der Waals surface area (Å²) in [4.78, 5) is 2.15. The van der Waals surface area contributed by atoms with E-state index in [2.05, 4.69) is 17.1 Å². The van der Waals surface area contributed by atoms with E-state index in [9.17, 15) is 4.39 Å². The topological polar surface area (TPSA) is 15.3 Å². The number of halogens is 1. The zero-order chi connectivity index (χ0) is 11.5. The highest BCUT2D eigenvalue weighted by Crippen LogP contribution is 2.24. The molecule has 0 aliphatic carbocycles. The highest BCUT2D eigenvalue weighted by Gasteiger charge is 2.17. The van der Waals surface area contributed by atoms with E-state index in [-0.39, 0.29) is 5.82 Å². The molecule has 0 aromatic heterocycles. The van der Waals surface area contributed by atoms with Gasteiger partial charge in [0.1, 0.15) is 5.82 Å². The Labute approximate surface area is 96.5 Å². The summed E-state index contributed by atoms with van der Waals surface area (Å²) in [5.41, 5.74) is 1.80. The Morgan fingerprint density at radius 3 is 2.94 bits per heavy atom. The fraction of sp³-hybridized carbons (Fsp3) is 0.538. The number of hydrogen-bond donors (Lipinski definition) is 1. The molecule has 0 bridgehead atoms. The summed E-state index contributed by atoms with van der Waals surface area (Å²) in [6.07, 6.45) is 1.06. The van der Waals surface area contributed by atoms with E-state index in [1.54, 1.807) is 12.1 Å². The van der Waals surface area contributed by atoms with Crippen molar-refractivity contribution in [2.75, 3.05) is 24.5 Å². The van der Waals surface area contributed by atoms with Crippen molar-refractivity contribution in [2.24, 2.45) is 0 Å². The van der Waals surface area contributed by atoms with E-state index in [4.69, 9.17) is 0 Å². The third-order valence-corrected chi connectivity index (χ3v) is 3.21. The largest absolute Gasteiger partial charge is 0.368 e. The van der Waals surface area contributed by atoms with Crippen LogP contribution in [0.4, 0.5) is 10.1 Å². The SMILES string of the molecule is Cc1cccc(F)c1N1CCNC(C)CC1. The molecule has 0 spiro atoms. The summed E-state index contributed by atoms with van der Waals surface area (Å²) < 4.78 is 13.8. The van der Waals surface area contributed by atoms with Gasteiger partial charge >= 0.3 is 0 Å². The van der Waals surface area contributed by atoms with Gasteiger partial charge in [0.05, 0.1) is 5.69 Å². The highest BCUT2D eigenvalue weighted by atomic mass is 19.1. The van der Waals surface area contributed by atoms with Gasteiger partial charge in [-0.3, -0.25) is 0 Å². The van der Waals surface area contributed by atoms with Gasteiger partial charge in [-0.05, 0) is 31.9 Å². The lowest BCUT2D eigenvalue weighted by atomic mass is 10.1. The molecule has 3 heteroatoms. The van der Waals surface area contributed by atoms with Crippen molar-refractivity contribution < 1.29 is 4.39 Å². The Balaban J connectivity index is 2.23. The predicted octanol–water partition coefficient (Wildman–Crippen LogP) is 2.32. The Bertz CT molecular complexity index is 345. The number of anilines is 1. The van der Waals surface area contributed by atoms with Crippen molar-refractivity contribution in [3.8, 4) is 0 Å². The van der Waals surface area contributed by atoms with Crippen LogP contribution in [-0.4, -0.2) is 25.7 Å². The first-order valence-corrected chi connectivity index (χ1v) is 5.92. The van der Waals surface area contributed by atoms with Gasteiger partial charge in [0.25, 0.3) is 0 Å². The minimum Gasteiger partial charge on any atom is -0.368 e. The number of para-hydroxylation sites is 1. The first kappa shape index (κ1) is 11.4. The van der Waals surface area contributed by atoms with Gasteiger partial charge in [-0.1, -0.05) is 12.1 Å². The van der Waals surface area contributed by atoms with Crippen LogP contribution < -0.4 is 10.2 Å². The van der Waals surface area contributed by atoms with Crippen molar-refractivity contribution in [1.29, 1.82) is 0 Å². The van der Waals surface area contributed by atoms with Gasteiger partial charge in [-0.2, -0.15) is 0 Å². The maximum absolute atomic E-state index is 13.8. The second-order valence-corrected chi connectivity index (χ2v) is 4.54. The lowest BCUT2D eigenvalue weighted by Crippen LogP contribution is -2.29. The van der Waals surface area contributed by atoms with Crippen LogP contribution in [0.15, 0.2) is 18.2 Å². The Morgan fingerprint density at radius 2 is 2.19 bits per heavy atom. The molecule has 88 valence electrons. The number of benzene rings is 1. The molecule has 1 saturated heterocycles. The summed E-state index contributed by atoms with van der Waals surface area (Å²) >= 11 is 0. The van der Waals surface area contributed by atoms with Gasteiger partial charge in [-0.15, -0.1) is 0 Å². The molecule has 0 saturated carbocycles. The van der Waals surface area contributed by atoms with Gasteiger partial charge in [0.2, 0.25) is 0 Å². The van der Waals surface area contributed by atoms with Gasteiger partial charge in [0.15, 0.2) is 0 Å². The van der Waals surface area contributed by atoms with Crippen molar-refractivity contribution >= 4 is 5.69 Å². The second-order valence-electron chi connectivity index (χ2n) is 4.54. The molecule has 0 radical (unpaired) electrons. The molecular weight excluding hydrogens is 203 g/mol. The van der Waals surface area contributed by atoms with Gasteiger partial charge in [0, 0.05) is 25.7 Å². The van der Waals surface area contributed by atoms with E-state index in [1.165, 1.54) is 0 Å². The maximum atomic E-state index is 13.8. The fourth-order valence-electron chi connectivity index (χ4n) is 2.26. The minimum atomic E-state index is -0.102. The lowest BCUT2D eigenvalue weighted by molar-refractivity contribution is 0.566. The summed E-state index contributed by atoms with van der Waals surface area (Å²) in [5, 5.41) is 3.42. The van der Waals surface area contributed by atoms with E-state index >= 15 is 0 Å². The first-order valence-electron chi connectivity index (χ1n) is 5.92. The Kier molecular flexibility index (Phi) is 3.44. The van der Waals surface area contributed by atoms with Crippen LogP contribution in [-0.2, 0) is 0 Å². The Morgan fingerprint density at radius 1 is 1.38 bits per heavy atom. The zero-order valence-corrected chi connectivity index (χ0v) is 9.96. The number of nitrogens with zero attached hydrogens (tertiary/aromatic N) is 1. The summed E-state index contributed by atoms with van der Waals surface area (Å²) in [6.45, 7) is 6.88. The van der Waals surface area contributed by atoms with E-state index in [0.29, 0.717) is 6.04 Å². The molecule has 2 nitrogen and oxygen atoms in total. The van der Waals surface area contributed by atoms with E-state index in [0.717, 1.165) is 37.3 Å². The fourth-order valence-corrected chi connectivity index (χ4v) is 2.26. The number of aryl methyl sites for hydroxylation is 1. The smallest absolute Gasteiger partial charge is 0.146 e. The maximum Gasteiger partial charge on any atom is 0.146 e. The zero-order valence-electron chi connectivity index (χ0n) is 9.96. The standard InChI is InChI=1S/C13H19FN2/c1-10-4-3-5-12(14)13(10)16-8-6-11(2)15-7-9-16/h3-5,11,15H,6-9H2,1-2H3.